The van der Waals surface area contributed by atoms with Crippen molar-refractivity contribution in [2.45, 2.75) is 6.54 Å². The average molecular weight is 374 g/mol. The molecule has 0 atom stereocenters. The first-order valence-electron chi connectivity index (χ1n) is 8.66. The van der Waals surface area contributed by atoms with Gasteiger partial charge in [-0.1, -0.05) is 29.8 Å². The number of hydrogen-bond donors (Lipinski definition) is 0. The Morgan fingerprint density at radius 1 is 1.00 bits per heavy atom. The molecule has 1 saturated heterocycles. The van der Waals surface area contributed by atoms with E-state index < -0.39 is 0 Å². The van der Waals surface area contributed by atoms with E-state index in [0.29, 0.717) is 11.5 Å². The SMILES string of the molecule is COc1cccc(C=NN2CCN(Cc3ccc(Cl)cc3)CC2)c1OC. The highest BCUT2D eigenvalue weighted by molar-refractivity contribution is 6.30. The van der Waals surface area contributed by atoms with Crippen molar-refractivity contribution in [2.24, 2.45) is 5.10 Å². The highest BCUT2D eigenvalue weighted by atomic mass is 35.5. The summed E-state index contributed by atoms with van der Waals surface area (Å²) in [5.74, 6) is 1.42. The van der Waals surface area contributed by atoms with Crippen LogP contribution in [0.5, 0.6) is 11.5 Å². The molecular formula is C20H24ClN3O2. The maximum Gasteiger partial charge on any atom is 0.169 e. The summed E-state index contributed by atoms with van der Waals surface area (Å²) in [4.78, 5) is 2.43. The number of piperazine rings is 1. The van der Waals surface area contributed by atoms with E-state index >= 15 is 0 Å². The summed E-state index contributed by atoms with van der Waals surface area (Å²) in [6.07, 6.45) is 1.84. The Hall–Kier alpha value is -2.24. The van der Waals surface area contributed by atoms with Crippen LogP contribution in [0.1, 0.15) is 11.1 Å². The molecule has 1 aliphatic heterocycles. The minimum Gasteiger partial charge on any atom is -0.493 e. The molecule has 0 saturated carbocycles. The van der Waals surface area contributed by atoms with E-state index in [1.54, 1.807) is 14.2 Å². The van der Waals surface area contributed by atoms with E-state index in [-0.39, 0.29) is 0 Å². The van der Waals surface area contributed by atoms with Crippen LogP contribution in [0.2, 0.25) is 5.02 Å². The maximum atomic E-state index is 5.95. The minimum absolute atomic E-state index is 0.708. The Kier molecular flexibility index (Phi) is 6.36. The molecule has 1 heterocycles. The molecule has 6 heteroatoms. The van der Waals surface area contributed by atoms with Crippen LogP contribution in [0, 0.1) is 0 Å². The van der Waals surface area contributed by atoms with Gasteiger partial charge in [0.2, 0.25) is 0 Å². The predicted octanol–water partition coefficient (Wildman–Crippen LogP) is 3.51. The molecule has 0 aromatic heterocycles. The third-order valence-corrected chi connectivity index (χ3v) is 4.71. The zero-order valence-electron chi connectivity index (χ0n) is 15.2. The first-order chi connectivity index (χ1) is 12.7. The number of para-hydroxylation sites is 1. The number of nitrogens with zero attached hydrogens (tertiary/aromatic N) is 3. The third-order valence-electron chi connectivity index (χ3n) is 4.46. The van der Waals surface area contributed by atoms with Crippen LogP contribution in [0.25, 0.3) is 0 Å². The van der Waals surface area contributed by atoms with Crippen molar-refractivity contribution in [3.05, 3.63) is 58.6 Å². The number of halogens is 1. The molecule has 3 rings (SSSR count). The van der Waals surface area contributed by atoms with Gasteiger partial charge in [0.25, 0.3) is 0 Å². The second-order valence-corrected chi connectivity index (χ2v) is 6.62. The first-order valence-corrected chi connectivity index (χ1v) is 9.04. The van der Waals surface area contributed by atoms with Crippen molar-refractivity contribution in [2.75, 3.05) is 40.4 Å². The van der Waals surface area contributed by atoms with Crippen LogP contribution in [0.15, 0.2) is 47.6 Å². The van der Waals surface area contributed by atoms with E-state index in [4.69, 9.17) is 21.1 Å². The average Bonchev–Trinajstić information content (AvgIpc) is 2.68. The third kappa shape index (κ3) is 4.68. The van der Waals surface area contributed by atoms with E-state index in [1.807, 2.05) is 36.5 Å². The lowest BCUT2D eigenvalue weighted by Crippen LogP contribution is -2.43. The molecule has 2 aromatic carbocycles. The van der Waals surface area contributed by atoms with Gasteiger partial charge in [-0.3, -0.25) is 9.91 Å². The van der Waals surface area contributed by atoms with E-state index in [1.165, 1.54) is 5.56 Å². The van der Waals surface area contributed by atoms with Gasteiger partial charge < -0.3 is 9.47 Å². The zero-order valence-corrected chi connectivity index (χ0v) is 15.9. The molecule has 5 nitrogen and oxygen atoms in total. The number of ether oxygens (including phenoxy) is 2. The van der Waals surface area contributed by atoms with Gasteiger partial charge in [-0.25, -0.2) is 0 Å². The van der Waals surface area contributed by atoms with Gasteiger partial charge in [0, 0.05) is 43.3 Å². The molecule has 1 aliphatic rings. The Bertz CT molecular complexity index is 741. The van der Waals surface area contributed by atoms with Crippen molar-refractivity contribution in [3.8, 4) is 11.5 Å². The van der Waals surface area contributed by atoms with Crippen molar-refractivity contribution >= 4 is 17.8 Å². The van der Waals surface area contributed by atoms with Gasteiger partial charge in [-0.15, -0.1) is 0 Å². The summed E-state index contributed by atoms with van der Waals surface area (Å²) in [6.45, 7) is 4.70. The fourth-order valence-corrected chi connectivity index (χ4v) is 3.14. The largest absolute Gasteiger partial charge is 0.493 e. The van der Waals surface area contributed by atoms with Gasteiger partial charge >= 0.3 is 0 Å². The molecule has 0 N–H and O–H groups in total. The van der Waals surface area contributed by atoms with Crippen molar-refractivity contribution in [1.82, 2.24) is 9.91 Å². The van der Waals surface area contributed by atoms with Crippen LogP contribution < -0.4 is 9.47 Å². The Labute approximate surface area is 159 Å². The van der Waals surface area contributed by atoms with Crippen LogP contribution >= 0.6 is 11.6 Å². The monoisotopic (exact) mass is 373 g/mol. The van der Waals surface area contributed by atoms with E-state index in [2.05, 4.69) is 27.1 Å². The van der Waals surface area contributed by atoms with Gasteiger partial charge in [0.05, 0.1) is 20.4 Å². The smallest absolute Gasteiger partial charge is 0.169 e. The van der Waals surface area contributed by atoms with Crippen molar-refractivity contribution in [3.63, 3.8) is 0 Å². The number of rotatable bonds is 6. The maximum absolute atomic E-state index is 5.95. The quantitative estimate of drug-likeness (QED) is 0.726. The molecule has 0 unspecified atom stereocenters. The number of benzene rings is 2. The van der Waals surface area contributed by atoms with Gasteiger partial charge in [-0.2, -0.15) is 5.10 Å². The molecule has 0 bridgehead atoms. The summed E-state index contributed by atoms with van der Waals surface area (Å²) in [7, 11) is 3.28. The normalized spacial score (nSPS) is 15.4. The standard InChI is InChI=1S/C20H24ClN3O2/c1-25-19-5-3-4-17(20(19)26-2)14-22-24-12-10-23(11-13-24)15-16-6-8-18(21)9-7-16/h3-9,14H,10-13,15H2,1-2H3. The van der Waals surface area contributed by atoms with Gasteiger partial charge in [0.1, 0.15) is 0 Å². The lowest BCUT2D eigenvalue weighted by molar-refractivity contribution is 0.131. The summed E-state index contributed by atoms with van der Waals surface area (Å²) < 4.78 is 10.8. The summed E-state index contributed by atoms with van der Waals surface area (Å²) >= 11 is 5.95. The number of methoxy groups -OCH3 is 2. The Morgan fingerprint density at radius 3 is 2.38 bits per heavy atom. The van der Waals surface area contributed by atoms with Crippen molar-refractivity contribution in [1.29, 1.82) is 0 Å². The van der Waals surface area contributed by atoms with Crippen LogP contribution in [-0.4, -0.2) is 56.5 Å². The molecule has 1 fully saturated rings. The molecule has 0 spiro atoms. The van der Waals surface area contributed by atoms with E-state index in [9.17, 15) is 0 Å². The predicted molar refractivity (Wildman–Crippen MR) is 105 cm³/mol. The Morgan fingerprint density at radius 2 is 1.73 bits per heavy atom. The lowest BCUT2D eigenvalue weighted by Gasteiger charge is -2.33. The topological polar surface area (TPSA) is 37.3 Å². The Balaban J connectivity index is 1.55. The van der Waals surface area contributed by atoms with E-state index in [0.717, 1.165) is 43.3 Å². The van der Waals surface area contributed by atoms with Crippen LogP contribution in [0.4, 0.5) is 0 Å². The molecule has 0 aliphatic carbocycles. The van der Waals surface area contributed by atoms with Crippen LogP contribution in [0.3, 0.4) is 0 Å². The van der Waals surface area contributed by atoms with Crippen LogP contribution in [-0.2, 0) is 6.54 Å². The molecule has 2 aromatic rings. The zero-order chi connectivity index (χ0) is 18.4. The highest BCUT2D eigenvalue weighted by Crippen LogP contribution is 2.29. The number of hydrazone groups is 1. The van der Waals surface area contributed by atoms with Gasteiger partial charge in [0.15, 0.2) is 11.5 Å². The fourth-order valence-electron chi connectivity index (χ4n) is 3.02. The molecule has 0 amide bonds. The molecule has 26 heavy (non-hydrogen) atoms. The first kappa shape index (κ1) is 18.5. The van der Waals surface area contributed by atoms with Crippen molar-refractivity contribution < 1.29 is 9.47 Å². The second kappa shape index (κ2) is 8.92. The van der Waals surface area contributed by atoms with Gasteiger partial charge in [-0.05, 0) is 29.8 Å². The molecule has 0 radical (unpaired) electrons. The summed E-state index contributed by atoms with van der Waals surface area (Å²) in [5, 5.41) is 7.49. The molecule has 138 valence electrons. The number of hydrogen-bond acceptors (Lipinski definition) is 5. The summed E-state index contributed by atoms with van der Waals surface area (Å²) in [5.41, 5.74) is 2.20. The lowest BCUT2D eigenvalue weighted by atomic mass is 10.2. The minimum atomic E-state index is 0.708. The fraction of sp³-hybridized carbons (Fsp3) is 0.350. The summed E-state index contributed by atoms with van der Waals surface area (Å²) in [6, 6.07) is 13.8. The highest BCUT2D eigenvalue weighted by Gasteiger charge is 2.16. The second-order valence-electron chi connectivity index (χ2n) is 6.18. The molecular weight excluding hydrogens is 350 g/mol.